The number of H-pyrrole nitrogens is 1. The molecule has 2 heteroatoms. The number of hydrogen-bond acceptors (Lipinski definition) is 0. The molecule has 1 heterocycles. The summed E-state index contributed by atoms with van der Waals surface area (Å²) in [6, 6.07) is 24.7. The van der Waals surface area contributed by atoms with Crippen LogP contribution in [0.5, 0.6) is 0 Å². The van der Waals surface area contributed by atoms with Crippen LogP contribution >= 0.6 is 15.9 Å². The van der Waals surface area contributed by atoms with E-state index in [-0.39, 0.29) is 5.41 Å². The molecule has 1 nitrogen and oxygen atoms in total. The molecule has 5 aromatic rings. The summed E-state index contributed by atoms with van der Waals surface area (Å²) in [4.78, 5) is 3.59. The molecule has 1 N–H and O–H groups in total. The Morgan fingerprint density at radius 1 is 0.774 bits per heavy atom. The number of rotatable bonds is 1. The lowest BCUT2D eigenvalue weighted by molar-refractivity contribution is 0.590. The fourth-order valence-electron chi connectivity index (χ4n) is 4.27. The monoisotopic (exact) mass is 471 g/mol. The molecular formula is C29H30BrN. The van der Waals surface area contributed by atoms with E-state index in [1.165, 1.54) is 54.8 Å². The average Bonchev–Trinajstić information content (AvgIpc) is 3.14. The van der Waals surface area contributed by atoms with Gasteiger partial charge in [0, 0.05) is 20.8 Å². The summed E-state index contributed by atoms with van der Waals surface area (Å²) in [6.07, 6.45) is 0. The lowest BCUT2D eigenvalue weighted by Crippen LogP contribution is -2.10. The first-order chi connectivity index (χ1) is 14.8. The van der Waals surface area contributed by atoms with Crippen molar-refractivity contribution in [2.24, 2.45) is 0 Å². The van der Waals surface area contributed by atoms with Gasteiger partial charge in [-0.05, 0) is 85.6 Å². The van der Waals surface area contributed by atoms with Crippen LogP contribution in [-0.2, 0) is 5.41 Å². The maximum absolute atomic E-state index is 3.72. The number of fused-ring (bicyclic) bond motifs is 5. The molecular weight excluding hydrogens is 442 g/mol. The third-order valence-electron chi connectivity index (χ3n) is 5.85. The summed E-state index contributed by atoms with van der Waals surface area (Å²) >= 11 is 3.72. The molecule has 5 rings (SSSR count). The number of aromatic amines is 1. The maximum Gasteiger partial charge on any atom is 0.0609 e. The third kappa shape index (κ3) is 3.90. The van der Waals surface area contributed by atoms with E-state index in [1.807, 2.05) is 13.8 Å². The van der Waals surface area contributed by atoms with Crippen molar-refractivity contribution < 1.29 is 0 Å². The Balaban J connectivity index is 0.00000112. The molecule has 0 saturated heterocycles. The molecule has 1 aromatic heterocycles. The van der Waals surface area contributed by atoms with Crippen molar-refractivity contribution >= 4 is 48.5 Å². The van der Waals surface area contributed by atoms with Gasteiger partial charge in [0.2, 0.25) is 0 Å². The van der Waals surface area contributed by atoms with Crippen LogP contribution in [0.25, 0.3) is 43.7 Å². The summed E-state index contributed by atoms with van der Waals surface area (Å²) in [6.45, 7) is 12.9. The topological polar surface area (TPSA) is 15.8 Å². The van der Waals surface area contributed by atoms with E-state index in [4.69, 9.17) is 0 Å². The molecule has 0 spiro atoms. The molecule has 0 aliphatic rings. The summed E-state index contributed by atoms with van der Waals surface area (Å²) in [5, 5.41) is 5.15. The van der Waals surface area contributed by atoms with E-state index in [1.54, 1.807) is 0 Å². The van der Waals surface area contributed by atoms with Crippen LogP contribution in [0.3, 0.4) is 0 Å². The average molecular weight is 472 g/mol. The van der Waals surface area contributed by atoms with E-state index in [0.29, 0.717) is 0 Å². The van der Waals surface area contributed by atoms with Gasteiger partial charge in [0.25, 0.3) is 0 Å². The summed E-state index contributed by atoms with van der Waals surface area (Å²) in [5.74, 6) is 0. The maximum atomic E-state index is 3.72. The SMILES string of the molecule is CC.Cc1cc(Br)c2[nH]c3ccc4cc(-c5cccc(C(C)(C)C)c5)ccc4c3c2c1. The van der Waals surface area contributed by atoms with Gasteiger partial charge in [-0.25, -0.2) is 0 Å². The van der Waals surface area contributed by atoms with Crippen LogP contribution in [-0.4, -0.2) is 4.98 Å². The van der Waals surface area contributed by atoms with E-state index < -0.39 is 0 Å². The van der Waals surface area contributed by atoms with Gasteiger partial charge in [0.15, 0.2) is 0 Å². The number of hydrogen-bond donors (Lipinski definition) is 1. The first kappa shape index (κ1) is 21.6. The van der Waals surface area contributed by atoms with Crippen LogP contribution < -0.4 is 0 Å². The van der Waals surface area contributed by atoms with Gasteiger partial charge in [-0.3, -0.25) is 0 Å². The smallest absolute Gasteiger partial charge is 0.0609 e. The number of halogens is 1. The predicted molar refractivity (Wildman–Crippen MR) is 141 cm³/mol. The Hall–Kier alpha value is -2.58. The molecule has 4 aromatic carbocycles. The molecule has 0 amide bonds. The van der Waals surface area contributed by atoms with Crippen LogP contribution in [0.4, 0.5) is 0 Å². The zero-order chi connectivity index (χ0) is 22.3. The Morgan fingerprint density at radius 2 is 1.52 bits per heavy atom. The zero-order valence-corrected chi connectivity index (χ0v) is 20.8. The van der Waals surface area contributed by atoms with Gasteiger partial charge in [0.1, 0.15) is 0 Å². The van der Waals surface area contributed by atoms with Gasteiger partial charge < -0.3 is 4.98 Å². The molecule has 0 unspecified atom stereocenters. The number of aryl methyl sites for hydroxylation is 1. The van der Waals surface area contributed by atoms with Gasteiger partial charge in [-0.15, -0.1) is 0 Å². The lowest BCUT2D eigenvalue weighted by atomic mass is 9.85. The second kappa shape index (κ2) is 8.16. The van der Waals surface area contributed by atoms with E-state index in [2.05, 4.69) is 115 Å². The molecule has 0 aliphatic heterocycles. The highest BCUT2D eigenvalue weighted by Crippen LogP contribution is 2.37. The van der Waals surface area contributed by atoms with Gasteiger partial charge in [0.05, 0.1) is 5.52 Å². The van der Waals surface area contributed by atoms with Crippen molar-refractivity contribution in [3.8, 4) is 11.1 Å². The molecule has 0 atom stereocenters. The van der Waals surface area contributed by atoms with Crippen molar-refractivity contribution in [3.05, 3.63) is 82.3 Å². The summed E-state index contributed by atoms with van der Waals surface area (Å²) < 4.78 is 1.12. The molecule has 0 radical (unpaired) electrons. The van der Waals surface area contributed by atoms with Crippen molar-refractivity contribution in [1.82, 2.24) is 4.98 Å². The molecule has 0 saturated carbocycles. The van der Waals surface area contributed by atoms with Crippen molar-refractivity contribution in [1.29, 1.82) is 0 Å². The van der Waals surface area contributed by atoms with Crippen LogP contribution in [0.15, 0.2) is 71.2 Å². The largest absolute Gasteiger partial charge is 0.354 e. The first-order valence-corrected chi connectivity index (χ1v) is 11.9. The van der Waals surface area contributed by atoms with Gasteiger partial charge in [-0.2, -0.15) is 0 Å². The van der Waals surface area contributed by atoms with Crippen molar-refractivity contribution in [2.75, 3.05) is 0 Å². The number of benzene rings is 4. The highest BCUT2D eigenvalue weighted by Gasteiger charge is 2.15. The van der Waals surface area contributed by atoms with Gasteiger partial charge >= 0.3 is 0 Å². The Labute approximate surface area is 193 Å². The highest BCUT2D eigenvalue weighted by molar-refractivity contribution is 9.10. The predicted octanol–water partition coefficient (Wildman–Crippen LogP) is 9.54. The first-order valence-electron chi connectivity index (χ1n) is 11.1. The van der Waals surface area contributed by atoms with Crippen LogP contribution in [0, 0.1) is 6.92 Å². The standard InChI is InChI=1S/C27H24BrN.C2H6/c1-16-12-22-25-21-10-8-18(17-6-5-7-20(15-17)27(2,3)4)14-19(21)9-11-24(25)29-26(22)23(28)13-16;1-2/h5-15,29H,1-4H3;1-2H3. The number of aromatic nitrogens is 1. The normalized spacial score (nSPS) is 11.7. The minimum Gasteiger partial charge on any atom is -0.354 e. The minimum atomic E-state index is 0.147. The molecule has 0 aliphatic carbocycles. The van der Waals surface area contributed by atoms with E-state index in [9.17, 15) is 0 Å². The van der Waals surface area contributed by atoms with E-state index in [0.717, 1.165) is 4.47 Å². The Morgan fingerprint density at radius 3 is 2.26 bits per heavy atom. The van der Waals surface area contributed by atoms with Crippen molar-refractivity contribution in [2.45, 2.75) is 47.0 Å². The third-order valence-corrected chi connectivity index (χ3v) is 6.47. The molecule has 0 fully saturated rings. The lowest BCUT2D eigenvalue weighted by Gasteiger charge is -2.20. The second-order valence-corrected chi connectivity index (χ2v) is 9.90. The van der Waals surface area contributed by atoms with E-state index >= 15 is 0 Å². The van der Waals surface area contributed by atoms with Crippen molar-refractivity contribution in [3.63, 3.8) is 0 Å². The minimum absolute atomic E-state index is 0.147. The molecule has 158 valence electrons. The Kier molecular flexibility index (Phi) is 5.70. The molecule has 31 heavy (non-hydrogen) atoms. The van der Waals surface area contributed by atoms with Gasteiger partial charge in [-0.1, -0.05) is 77.1 Å². The fraction of sp³-hybridized carbons (Fsp3) is 0.241. The summed E-state index contributed by atoms with van der Waals surface area (Å²) in [5.41, 5.74) is 7.66. The van der Waals surface area contributed by atoms with Crippen LogP contribution in [0.2, 0.25) is 0 Å². The zero-order valence-electron chi connectivity index (χ0n) is 19.2. The molecule has 0 bridgehead atoms. The highest BCUT2D eigenvalue weighted by atomic mass is 79.9. The second-order valence-electron chi connectivity index (χ2n) is 9.05. The quantitative estimate of drug-likeness (QED) is 0.250. The fourth-order valence-corrected chi connectivity index (χ4v) is 4.94. The van der Waals surface area contributed by atoms with Crippen LogP contribution in [0.1, 0.15) is 45.7 Å². The number of nitrogens with one attached hydrogen (secondary N) is 1. The Bertz CT molecular complexity index is 1400. The summed E-state index contributed by atoms with van der Waals surface area (Å²) in [7, 11) is 0.